The van der Waals surface area contributed by atoms with E-state index in [2.05, 4.69) is 4.98 Å². The van der Waals surface area contributed by atoms with E-state index in [4.69, 9.17) is 9.16 Å². The SMILES string of the molecule is CC(C)(C)OC(=O)C[C@@H]1CN(c2ccncc2[N+](=O)[O-])C[C@H](C(F)(F)F)[C@H]1O[Si](C)(C)C(C)(C)C. The molecule has 0 amide bonds. The predicted octanol–water partition coefficient (Wildman–Crippen LogP) is 5.73. The lowest BCUT2D eigenvalue weighted by molar-refractivity contribution is -0.384. The van der Waals surface area contributed by atoms with E-state index in [9.17, 15) is 28.1 Å². The van der Waals surface area contributed by atoms with Gasteiger partial charge < -0.3 is 14.1 Å². The number of hydrogen-bond acceptors (Lipinski definition) is 7. The molecule has 2 rings (SSSR count). The van der Waals surface area contributed by atoms with Gasteiger partial charge in [-0.2, -0.15) is 13.2 Å². The first-order valence-electron chi connectivity index (χ1n) is 11.5. The maximum absolute atomic E-state index is 14.4. The van der Waals surface area contributed by atoms with Crippen molar-refractivity contribution in [2.45, 2.75) is 84.0 Å². The Labute approximate surface area is 205 Å². The molecule has 0 unspecified atom stereocenters. The number of carbonyl (C=O) groups is 1. The van der Waals surface area contributed by atoms with Crippen LogP contribution in [-0.4, -0.2) is 55.2 Å². The number of aromatic nitrogens is 1. The van der Waals surface area contributed by atoms with E-state index in [1.54, 1.807) is 20.8 Å². The molecule has 0 bridgehead atoms. The molecule has 1 aliphatic heterocycles. The Morgan fingerprint density at radius 3 is 2.29 bits per heavy atom. The lowest BCUT2D eigenvalue weighted by atomic mass is 9.83. The van der Waals surface area contributed by atoms with Crippen molar-refractivity contribution < 1.29 is 32.1 Å². The number of nitrogens with zero attached hydrogens (tertiary/aromatic N) is 3. The van der Waals surface area contributed by atoms with Gasteiger partial charge in [-0.1, -0.05) is 20.8 Å². The molecule has 1 aliphatic rings. The maximum Gasteiger partial charge on any atom is 0.395 e. The van der Waals surface area contributed by atoms with Gasteiger partial charge in [0.1, 0.15) is 17.5 Å². The number of esters is 1. The first-order valence-corrected chi connectivity index (χ1v) is 14.4. The third kappa shape index (κ3) is 7.39. The van der Waals surface area contributed by atoms with Gasteiger partial charge in [-0.3, -0.25) is 19.9 Å². The number of halogens is 3. The second-order valence-corrected chi connectivity index (χ2v) is 16.3. The highest BCUT2D eigenvalue weighted by atomic mass is 28.4. The predicted molar refractivity (Wildman–Crippen MR) is 129 cm³/mol. The van der Waals surface area contributed by atoms with Gasteiger partial charge in [0.2, 0.25) is 0 Å². The van der Waals surface area contributed by atoms with E-state index in [-0.39, 0.29) is 23.7 Å². The van der Waals surface area contributed by atoms with Crippen molar-refractivity contribution in [2.24, 2.45) is 11.8 Å². The Morgan fingerprint density at radius 1 is 1.20 bits per heavy atom. The van der Waals surface area contributed by atoms with Gasteiger partial charge in [-0.15, -0.1) is 0 Å². The molecule has 0 N–H and O–H groups in total. The molecule has 1 aromatic heterocycles. The van der Waals surface area contributed by atoms with Crippen molar-refractivity contribution in [3.05, 3.63) is 28.6 Å². The summed E-state index contributed by atoms with van der Waals surface area (Å²) in [5, 5.41) is 11.2. The standard InChI is InChI=1S/C23H36F3N3O5Si/c1-21(2,3)33-19(30)11-15-13-28(17-9-10-27-12-18(17)29(31)32)14-16(23(24,25)26)20(15)34-35(7,8)22(4,5)6/h9-10,12,15-16,20H,11,13-14H2,1-8H3/t15-,16+,20+/m1/s1. The van der Waals surface area contributed by atoms with E-state index in [0.717, 1.165) is 6.20 Å². The summed E-state index contributed by atoms with van der Waals surface area (Å²) in [5.74, 6) is -3.49. The third-order valence-electron chi connectivity index (χ3n) is 6.55. The van der Waals surface area contributed by atoms with Crippen LogP contribution in [-0.2, 0) is 14.0 Å². The molecule has 0 spiro atoms. The maximum atomic E-state index is 14.4. The van der Waals surface area contributed by atoms with E-state index < -0.39 is 61.2 Å². The Kier molecular flexibility index (Phi) is 8.32. The van der Waals surface area contributed by atoms with Crippen LogP contribution in [0, 0.1) is 22.0 Å². The molecule has 1 fully saturated rings. The van der Waals surface area contributed by atoms with Crippen molar-refractivity contribution in [1.82, 2.24) is 4.98 Å². The summed E-state index contributed by atoms with van der Waals surface area (Å²) in [5.41, 5.74) is -1.18. The summed E-state index contributed by atoms with van der Waals surface area (Å²) in [6, 6.07) is 1.32. The average molecular weight is 520 g/mol. The average Bonchev–Trinajstić information content (AvgIpc) is 2.65. The van der Waals surface area contributed by atoms with E-state index >= 15 is 0 Å². The molecule has 1 aromatic rings. The van der Waals surface area contributed by atoms with Gasteiger partial charge in [0, 0.05) is 25.2 Å². The molecule has 0 aliphatic carbocycles. The van der Waals surface area contributed by atoms with Crippen molar-refractivity contribution in [3.8, 4) is 0 Å². The highest BCUT2D eigenvalue weighted by Gasteiger charge is 2.55. The summed E-state index contributed by atoms with van der Waals surface area (Å²) in [7, 11) is -2.67. The molecule has 0 saturated carbocycles. The number of alkyl halides is 3. The highest BCUT2D eigenvalue weighted by Crippen LogP contribution is 2.46. The molecular formula is C23H36F3N3O5Si. The third-order valence-corrected chi connectivity index (χ3v) is 11.0. The number of carbonyl (C=O) groups excluding carboxylic acids is 1. The monoisotopic (exact) mass is 519 g/mol. The van der Waals surface area contributed by atoms with E-state index in [1.165, 1.54) is 17.2 Å². The fraction of sp³-hybridized carbons (Fsp3) is 0.739. The zero-order chi connectivity index (χ0) is 27.0. The summed E-state index contributed by atoms with van der Waals surface area (Å²) in [4.78, 5) is 28.7. The van der Waals surface area contributed by atoms with Crippen LogP contribution in [0.15, 0.2) is 18.5 Å². The van der Waals surface area contributed by atoms with Crippen molar-refractivity contribution in [3.63, 3.8) is 0 Å². The Bertz CT molecular complexity index is 928. The lowest BCUT2D eigenvalue weighted by Crippen LogP contribution is -2.59. The fourth-order valence-electron chi connectivity index (χ4n) is 3.88. The molecule has 2 heterocycles. The molecular weight excluding hydrogens is 483 g/mol. The Morgan fingerprint density at radius 2 is 1.80 bits per heavy atom. The summed E-state index contributed by atoms with van der Waals surface area (Å²) >= 11 is 0. The normalized spacial score (nSPS) is 22.1. The number of ether oxygens (including phenoxy) is 1. The molecule has 8 nitrogen and oxygen atoms in total. The zero-order valence-corrected chi connectivity index (χ0v) is 22.6. The minimum absolute atomic E-state index is 0.0271. The van der Waals surface area contributed by atoms with Crippen molar-refractivity contribution in [1.29, 1.82) is 0 Å². The van der Waals surface area contributed by atoms with Gasteiger partial charge >= 0.3 is 17.8 Å². The first kappa shape index (κ1) is 29.0. The van der Waals surface area contributed by atoms with Crippen LogP contribution in [0.1, 0.15) is 48.0 Å². The van der Waals surface area contributed by atoms with Gasteiger partial charge in [0.25, 0.3) is 0 Å². The van der Waals surface area contributed by atoms with E-state index in [1.807, 2.05) is 33.9 Å². The highest BCUT2D eigenvalue weighted by molar-refractivity contribution is 6.74. The second kappa shape index (κ2) is 10.0. The smallest absolute Gasteiger partial charge is 0.395 e. The quantitative estimate of drug-likeness (QED) is 0.205. The summed E-state index contributed by atoms with van der Waals surface area (Å²) in [6.07, 6.45) is -3.94. The van der Waals surface area contributed by atoms with Crippen molar-refractivity contribution in [2.75, 3.05) is 18.0 Å². The first-order chi connectivity index (χ1) is 15.7. The van der Waals surface area contributed by atoms with Crippen LogP contribution in [0.25, 0.3) is 0 Å². The van der Waals surface area contributed by atoms with Gasteiger partial charge in [0.05, 0.1) is 23.4 Å². The zero-order valence-electron chi connectivity index (χ0n) is 21.6. The molecule has 35 heavy (non-hydrogen) atoms. The van der Waals surface area contributed by atoms with E-state index in [0.29, 0.717) is 0 Å². The molecule has 1 saturated heterocycles. The van der Waals surface area contributed by atoms with Crippen LogP contribution >= 0.6 is 0 Å². The van der Waals surface area contributed by atoms with Crippen LogP contribution in [0.4, 0.5) is 24.5 Å². The number of pyridine rings is 1. The molecule has 3 atom stereocenters. The number of anilines is 1. The molecule has 0 aromatic carbocycles. The van der Waals surface area contributed by atoms with Crippen LogP contribution in [0.2, 0.25) is 18.1 Å². The largest absolute Gasteiger partial charge is 0.460 e. The van der Waals surface area contributed by atoms with Crippen LogP contribution in [0.5, 0.6) is 0 Å². The number of hydrogen-bond donors (Lipinski definition) is 0. The second-order valence-electron chi connectivity index (χ2n) is 11.6. The number of piperidine rings is 1. The Hall–Kier alpha value is -2.21. The minimum atomic E-state index is -4.65. The fourth-order valence-corrected chi connectivity index (χ4v) is 5.27. The van der Waals surface area contributed by atoms with Gasteiger partial charge in [-0.05, 0) is 45.0 Å². The summed E-state index contributed by atoms with van der Waals surface area (Å²) < 4.78 is 55.1. The molecule has 12 heteroatoms. The van der Waals surface area contributed by atoms with Gasteiger partial charge in [0.15, 0.2) is 8.32 Å². The molecule has 0 radical (unpaired) electrons. The van der Waals surface area contributed by atoms with Crippen LogP contribution < -0.4 is 4.90 Å². The van der Waals surface area contributed by atoms with Crippen LogP contribution in [0.3, 0.4) is 0 Å². The Balaban J connectivity index is 2.55. The summed E-state index contributed by atoms with van der Waals surface area (Å²) in [6.45, 7) is 14.0. The number of nitro groups is 1. The number of rotatable bonds is 6. The minimum Gasteiger partial charge on any atom is -0.460 e. The molecule has 198 valence electrons. The topological polar surface area (TPSA) is 94.8 Å². The van der Waals surface area contributed by atoms with Crippen molar-refractivity contribution >= 4 is 25.7 Å². The van der Waals surface area contributed by atoms with Gasteiger partial charge in [-0.25, -0.2) is 0 Å². The lowest BCUT2D eigenvalue weighted by Gasteiger charge is -2.49.